The van der Waals surface area contributed by atoms with E-state index in [0.29, 0.717) is 49.4 Å². The number of rotatable bonds is 5. The third-order valence-electron chi connectivity index (χ3n) is 6.54. The first-order chi connectivity index (χ1) is 17.0. The summed E-state index contributed by atoms with van der Waals surface area (Å²) in [6.07, 6.45) is 1.66. The molecule has 1 atom stereocenters. The van der Waals surface area contributed by atoms with Crippen LogP contribution in [0.15, 0.2) is 35.3 Å². The van der Waals surface area contributed by atoms with Crippen molar-refractivity contribution in [1.82, 2.24) is 19.6 Å². The van der Waals surface area contributed by atoms with Crippen LogP contribution in [0.25, 0.3) is 0 Å². The minimum Gasteiger partial charge on any atom is -0.364 e. The highest BCUT2D eigenvalue weighted by Gasteiger charge is 2.29. The molecule has 8 nitrogen and oxygen atoms in total. The highest BCUT2D eigenvalue weighted by Crippen LogP contribution is 2.31. The van der Waals surface area contributed by atoms with E-state index in [1.807, 2.05) is 4.90 Å². The van der Waals surface area contributed by atoms with Crippen molar-refractivity contribution in [3.8, 4) is 6.07 Å². The second-order valence-electron chi connectivity index (χ2n) is 8.63. The lowest BCUT2D eigenvalue weighted by Crippen LogP contribution is -2.36. The lowest BCUT2D eigenvalue weighted by Gasteiger charge is -2.30. The molecular weight excluding hydrogens is 478 g/mol. The van der Waals surface area contributed by atoms with E-state index >= 15 is 0 Å². The third-order valence-corrected chi connectivity index (χ3v) is 6.90. The Morgan fingerprint density at radius 1 is 1.29 bits per heavy atom. The summed E-state index contributed by atoms with van der Waals surface area (Å²) in [5.41, 5.74) is 2.22. The Kier molecular flexibility index (Phi) is 6.54. The van der Waals surface area contributed by atoms with Gasteiger partial charge in [-0.15, -0.1) is 0 Å². The van der Waals surface area contributed by atoms with Crippen LogP contribution in [-0.2, 0) is 24.2 Å². The van der Waals surface area contributed by atoms with Gasteiger partial charge in [-0.1, -0.05) is 35.9 Å². The number of nitriles is 1. The summed E-state index contributed by atoms with van der Waals surface area (Å²) in [5, 5.41) is 18.5. The molecule has 0 N–H and O–H groups in total. The molecule has 1 aromatic carbocycles. The zero-order valence-electron chi connectivity index (χ0n) is 18.8. The number of hydrogen-bond acceptors (Lipinski definition) is 6. The summed E-state index contributed by atoms with van der Waals surface area (Å²) >= 11 is 6.48. The molecule has 5 rings (SSSR count). The van der Waals surface area contributed by atoms with Gasteiger partial charge in [-0.2, -0.15) is 20.1 Å². The third kappa shape index (κ3) is 4.42. The number of halogens is 3. The first kappa shape index (κ1) is 23.5. The Bertz CT molecular complexity index is 1340. The van der Waals surface area contributed by atoms with Crippen LogP contribution in [0.1, 0.15) is 60.0 Å². The molecule has 0 saturated carbocycles. The summed E-state index contributed by atoms with van der Waals surface area (Å²) in [5.74, 6) is 0. The lowest BCUT2D eigenvalue weighted by molar-refractivity contribution is -0.0424. The standard InChI is InChI=1S/C24H23ClF2N6O2/c25-22-20(12-29-33(24(22)34)21-7-3-4-10-35-21)31-9-8-19-17(14-31)18(11-28)30-32(19)13-15-5-1-2-6-16(15)23(26)27/h1-2,5-6,12,21,23H,3-4,7-10,13-14H2. The van der Waals surface area contributed by atoms with Gasteiger partial charge in [-0.25, -0.2) is 8.78 Å². The topological polar surface area (TPSA) is 89.0 Å². The van der Waals surface area contributed by atoms with E-state index in [1.165, 1.54) is 10.7 Å². The fourth-order valence-corrected chi connectivity index (χ4v) is 5.00. The normalized spacial score (nSPS) is 17.9. The van der Waals surface area contributed by atoms with E-state index in [2.05, 4.69) is 16.3 Å². The Morgan fingerprint density at radius 3 is 2.86 bits per heavy atom. The number of alkyl halides is 2. The molecular formula is C24H23ClF2N6O2. The van der Waals surface area contributed by atoms with Crippen LogP contribution in [-0.4, -0.2) is 32.7 Å². The van der Waals surface area contributed by atoms with Gasteiger partial charge in [0.05, 0.1) is 18.4 Å². The molecule has 4 heterocycles. The van der Waals surface area contributed by atoms with Crippen molar-refractivity contribution in [1.29, 1.82) is 5.26 Å². The summed E-state index contributed by atoms with van der Waals surface area (Å²) in [7, 11) is 0. The molecule has 0 amide bonds. The molecule has 0 spiro atoms. The Balaban J connectivity index is 1.43. The number of nitrogens with zero attached hydrogens (tertiary/aromatic N) is 6. The van der Waals surface area contributed by atoms with Crippen LogP contribution in [0.4, 0.5) is 14.5 Å². The van der Waals surface area contributed by atoms with Crippen molar-refractivity contribution >= 4 is 17.3 Å². The monoisotopic (exact) mass is 500 g/mol. The molecule has 0 bridgehead atoms. The van der Waals surface area contributed by atoms with E-state index in [-0.39, 0.29) is 22.8 Å². The molecule has 11 heteroatoms. The smallest absolute Gasteiger partial charge is 0.290 e. The molecule has 0 aliphatic carbocycles. The predicted octanol–water partition coefficient (Wildman–Crippen LogP) is 4.21. The number of fused-ring (bicyclic) bond motifs is 1. The van der Waals surface area contributed by atoms with Crippen molar-refractivity contribution < 1.29 is 13.5 Å². The van der Waals surface area contributed by atoms with Gasteiger partial charge in [-0.05, 0) is 24.8 Å². The van der Waals surface area contributed by atoms with Crippen molar-refractivity contribution in [2.75, 3.05) is 18.1 Å². The van der Waals surface area contributed by atoms with Crippen LogP contribution in [0.2, 0.25) is 5.02 Å². The van der Waals surface area contributed by atoms with E-state index in [4.69, 9.17) is 16.3 Å². The number of aromatic nitrogens is 4. The summed E-state index contributed by atoms with van der Waals surface area (Å²) < 4.78 is 35.5. The van der Waals surface area contributed by atoms with Gasteiger partial charge >= 0.3 is 0 Å². The predicted molar refractivity (Wildman–Crippen MR) is 125 cm³/mol. The van der Waals surface area contributed by atoms with E-state index in [9.17, 15) is 18.8 Å². The van der Waals surface area contributed by atoms with Gasteiger partial charge in [-0.3, -0.25) is 9.48 Å². The largest absolute Gasteiger partial charge is 0.364 e. The van der Waals surface area contributed by atoms with Gasteiger partial charge in [0, 0.05) is 42.9 Å². The molecule has 2 aromatic heterocycles. The number of hydrogen-bond donors (Lipinski definition) is 0. The quantitative estimate of drug-likeness (QED) is 0.521. The average Bonchev–Trinajstić information content (AvgIpc) is 3.23. The van der Waals surface area contributed by atoms with Crippen molar-refractivity contribution in [3.05, 3.63) is 73.9 Å². The van der Waals surface area contributed by atoms with E-state index < -0.39 is 18.2 Å². The average molecular weight is 501 g/mol. The van der Waals surface area contributed by atoms with Crippen molar-refractivity contribution in [2.45, 2.75) is 51.4 Å². The summed E-state index contributed by atoms with van der Waals surface area (Å²) in [4.78, 5) is 14.8. The SMILES string of the molecule is N#Cc1nn(Cc2ccccc2C(F)F)c2c1CN(c1cnn(C3CCCCO3)c(=O)c1Cl)CC2. The second-order valence-corrected chi connectivity index (χ2v) is 9.01. The van der Waals surface area contributed by atoms with Gasteiger partial charge in [0.25, 0.3) is 12.0 Å². The van der Waals surface area contributed by atoms with Gasteiger partial charge in [0.1, 0.15) is 11.1 Å². The van der Waals surface area contributed by atoms with Crippen molar-refractivity contribution in [3.63, 3.8) is 0 Å². The lowest BCUT2D eigenvalue weighted by atomic mass is 10.0. The maximum Gasteiger partial charge on any atom is 0.290 e. The number of ether oxygens (including phenoxy) is 1. The van der Waals surface area contributed by atoms with Crippen molar-refractivity contribution in [2.24, 2.45) is 0 Å². The van der Waals surface area contributed by atoms with Gasteiger partial charge < -0.3 is 9.64 Å². The Hall–Kier alpha value is -3.29. The molecule has 0 radical (unpaired) electrons. The minimum atomic E-state index is -2.60. The molecule has 1 fully saturated rings. The maximum atomic E-state index is 13.5. The second kappa shape index (κ2) is 9.76. The van der Waals surface area contributed by atoms with E-state index in [1.54, 1.807) is 29.1 Å². The highest BCUT2D eigenvalue weighted by atomic mass is 35.5. The zero-order valence-corrected chi connectivity index (χ0v) is 19.6. The summed E-state index contributed by atoms with van der Waals surface area (Å²) in [6, 6.07) is 8.44. The highest BCUT2D eigenvalue weighted by molar-refractivity contribution is 6.33. The first-order valence-corrected chi connectivity index (χ1v) is 11.8. The Morgan fingerprint density at radius 2 is 2.11 bits per heavy atom. The molecule has 2 aliphatic heterocycles. The van der Waals surface area contributed by atoms with E-state index in [0.717, 1.165) is 18.5 Å². The summed E-state index contributed by atoms with van der Waals surface area (Å²) in [6.45, 7) is 1.53. The molecule has 1 saturated heterocycles. The van der Waals surface area contributed by atoms with Crippen LogP contribution >= 0.6 is 11.6 Å². The fourth-order valence-electron chi connectivity index (χ4n) is 4.75. The Labute approximate surface area is 205 Å². The van der Waals surface area contributed by atoms with Crippen LogP contribution in [0, 0.1) is 11.3 Å². The minimum absolute atomic E-state index is 0.0481. The number of benzene rings is 1. The van der Waals surface area contributed by atoms with Gasteiger partial charge in [0.2, 0.25) is 0 Å². The molecule has 1 unspecified atom stereocenters. The maximum absolute atomic E-state index is 13.5. The number of anilines is 1. The van der Waals surface area contributed by atoms with Crippen LogP contribution < -0.4 is 10.5 Å². The molecule has 182 valence electrons. The molecule has 2 aliphatic rings. The molecule has 3 aromatic rings. The molecule has 35 heavy (non-hydrogen) atoms. The first-order valence-electron chi connectivity index (χ1n) is 11.5. The van der Waals surface area contributed by atoms with Gasteiger partial charge in [0.15, 0.2) is 11.9 Å². The van der Waals surface area contributed by atoms with Crippen LogP contribution in [0.3, 0.4) is 0 Å². The zero-order chi connectivity index (χ0) is 24.5. The fraction of sp³-hybridized carbons (Fsp3) is 0.417. The van der Waals surface area contributed by atoms with Crippen LogP contribution in [0.5, 0.6) is 0 Å².